The number of ether oxygens (including phenoxy) is 1. The zero-order chi connectivity index (χ0) is 20.0. The lowest BCUT2D eigenvalue weighted by atomic mass is 9.98. The first-order valence-electron chi connectivity index (χ1n) is 9.69. The van der Waals surface area contributed by atoms with Gasteiger partial charge in [-0.15, -0.1) is 0 Å². The van der Waals surface area contributed by atoms with Crippen LogP contribution in [-0.2, 0) is 4.74 Å². The van der Waals surface area contributed by atoms with Crippen LogP contribution in [0.3, 0.4) is 0 Å². The third-order valence-corrected chi connectivity index (χ3v) is 6.35. The van der Waals surface area contributed by atoms with Crippen LogP contribution in [0.4, 0.5) is 5.69 Å². The number of rotatable bonds is 3. The van der Waals surface area contributed by atoms with Gasteiger partial charge >= 0.3 is 0 Å². The number of para-hydroxylation sites is 1. The van der Waals surface area contributed by atoms with Crippen molar-refractivity contribution in [3.63, 3.8) is 0 Å². The average molecular weight is 451 g/mol. The van der Waals surface area contributed by atoms with Gasteiger partial charge < -0.3 is 9.30 Å². The molecule has 0 bridgehead atoms. The van der Waals surface area contributed by atoms with Crippen molar-refractivity contribution < 1.29 is 9.66 Å². The highest BCUT2D eigenvalue weighted by atomic mass is 79.9. The molecule has 5 rings (SSSR count). The van der Waals surface area contributed by atoms with Gasteiger partial charge in [0.15, 0.2) is 0 Å². The number of nitrogens with zero attached hydrogens (tertiary/aromatic N) is 2. The second-order valence-electron chi connectivity index (χ2n) is 7.35. The Bertz CT molecular complexity index is 1240. The van der Waals surface area contributed by atoms with E-state index in [1.165, 1.54) is 0 Å². The molecule has 2 heterocycles. The molecule has 4 aromatic rings. The first kappa shape index (κ1) is 18.3. The lowest BCUT2D eigenvalue weighted by Crippen LogP contribution is -2.20. The Kier molecular flexibility index (Phi) is 4.60. The van der Waals surface area contributed by atoms with Crippen LogP contribution in [0, 0.1) is 10.1 Å². The number of fused-ring (bicyclic) bond motifs is 3. The summed E-state index contributed by atoms with van der Waals surface area (Å²) >= 11 is 3.55. The highest BCUT2D eigenvalue weighted by Crippen LogP contribution is 2.44. The Morgan fingerprint density at radius 1 is 1.03 bits per heavy atom. The molecule has 5 nitrogen and oxygen atoms in total. The molecular weight excluding hydrogens is 432 g/mol. The number of hydrogen-bond donors (Lipinski definition) is 0. The zero-order valence-corrected chi connectivity index (χ0v) is 17.3. The fraction of sp³-hybridized carbons (Fsp3) is 0.217. The van der Waals surface area contributed by atoms with Crippen molar-refractivity contribution in [3.8, 4) is 11.1 Å². The topological polar surface area (TPSA) is 57.3 Å². The highest BCUT2D eigenvalue weighted by Gasteiger charge is 2.25. The molecule has 1 atom stereocenters. The smallest absolute Gasteiger partial charge is 0.278 e. The lowest BCUT2D eigenvalue weighted by molar-refractivity contribution is -0.384. The fourth-order valence-electron chi connectivity index (χ4n) is 4.51. The van der Waals surface area contributed by atoms with Crippen molar-refractivity contribution in [2.75, 3.05) is 13.2 Å². The normalized spacial score (nSPS) is 17.1. The molecule has 3 aromatic carbocycles. The molecule has 0 spiro atoms. The van der Waals surface area contributed by atoms with E-state index < -0.39 is 0 Å². The van der Waals surface area contributed by atoms with E-state index in [0.717, 1.165) is 51.3 Å². The predicted molar refractivity (Wildman–Crippen MR) is 118 cm³/mol. The van der Waals surface area contributed by atoms with E-state index in [2.05, 4.69) is 38.7 Å². The lowest BCUT2D eigenvalue weighted by Gasteiger charge is -2.25. The number of benzene rings is 3. The Morgan fingerprint density at radius 3 is 2.62 bits per heavy atom. The monoisotopic (exact) mass is 450 g/mol. The second-order valence-corrected chi connectivity index (χ2v) is 8.20. The van der Waals surface area contributed by atoms with Crippen molar-refractivity contribution in [2.24, 2.45) is 0 Å². The maximum atomic E-state index is 11.8. The molecule has 1 aliphatic heterocycles. The van der Waals surface area contributed by atoms with Gasteiger partial charge in [-0.25, -0.2) is 0 Å². The molecule has 0 amide bonds. The summed E-state index contributed by atoms with van der Waals surface area (Å²) in [5, 5.41) is 13.9. The summed E-state index contributed by atoms with van der Waals surface area (Å²) in [7, 11) is 0. The van der Waals surface area contributed by atoms with Gasteiger partial charge in [0.25, 0.3) is 5.69 Å². The first-order valence-corrected chi connectivity index (χ1v) is 10.5. The number of nitro groups is 1. The third-order valence-electron chi connectivity index (χ3n) is 5.69. The summed E-state index contributed by atoms with van der Waals surface area (Å²) in [6.07, 6.45) is 2.10. The van der Waals surface area contributed by atoms with Crippen molar-refractivity contribution in [3.05, 3.63) is 75.3 Å². The minimum Gasteiger partial charge on any atom is -0.379 e. The van der Waals surface area contributed by atoms with Crippen LogP contribution < -0.4 is 0 Å². The Balaban J connectivity index is 1.88. The van der Waals surface area contributed by atoms with Gasteiger partial charge in [0.05, 0.1) is 28.7 Å². The highest BCUT2D eigenvalue weighted by molar-refractivity contribution is 9.10. The summed E-state index contributed by atoms with van der Waals surface area (Å²) < 4.78 is 8.85. The van der Waals surface area contributed by atoms with Crippen LogP contribution in [0.2, 0.25) is 0 Å². The molecule has 0 radical (unpaired) electrons. The number of aromatic nitrogens is 1. The predicted octanol–water partition coefficient (Wildman–Crippen LogP) is 6.48. The molecule has 1 unspecified atom stereocenters. The fourth-order valence-corrected chi connectivity index (χ4v) is 5.08. The number of halogens is 1. The molecule has 6 heteroatoms. The number of nitro benzene ring substituents is 1. The maximum Gasteiger partial charge on any atom is 0.278 e. The number of hydrogen-bond acceptors (Lipinski definition) is 3. The maximum absolute atomic E-state index is 11.8. The van der Waals surface area contributed by atoms with E-state index in [4.69, 9.17) is 4.74 Å². The van der Waals surface area contributed by atoms with Crippen LogP contribution in [0.25, 0.3) is 32.9 Å². The van der Waals surface area contributed by atoms with E-state index in [-0.39, 0.29) is 16.7 Å². The van der Waals surface area contributed by atoms with Gasteiger partial charge in [-0.05, 0) is 52.5 Å². The summed E-state index contributed by atoms with van der Waals surface area (Å²) in [5.74, 6) is 0. The standard InChI is InChI=1S/C23H19BrN2O3/c24-18-9-4-12-21(26(27)28)23(18)17-8-3-11-20-22(17)16-7-1-2-10-19(16)25(20)15-6-5-13-29-14-15/h1-4,7-12,15H,5-6,13-14H2. The van der Waals surface area contributed by atoms with Gasteiger partial charge in [0, 0.05) is 33.4 Å². The molecule has 0 saturated carbocycles. The molecule has 29 heavy (non-hydrogen) atoms. The van der Waals surface area contributed by atoms with Gasteiger partial charge in [-0.1, -0.05) is 36.4 Å². The van der Waals surface area contributed by atoms with E-state index >= 15 is 0 Å². The largest absolute Gasteiger partial charge is 0.379 e. The SMILES string of the molecule is O=[N+]([O-])c1cccc(Br)c1-c1cccc2c1c1ccccc1n2C1CCCOC1. The van der Waals surface area contributed by atoms with Gasteiger partial charge in [-0.2, -0.15) is 0 Å². The van der Waals surface area contributed by atoms with Crippen molar-refractivity contribution >= 4 is 43.4 Å². The van der Waals surface area contributed by atoms with E-state index in [9.17, 15) is 10.1 Å². The van der Waals surface area contributed by atoms with Crippen LogP contribution in [0.1, 0.15) is 18.9 Å². The van der Waals surface area contributed by atoms with Crippen LogP contribution in [0.15, 0.2) is 65.1 Å². The van der Waals surface area contributed by atoms with Gasteiger partial charge in [0.2, 0.25) is 0 Å². The van der Waals surface area contributed by atoms with Crippen molar-refractivity contribution in [1.29, 1.82) is 0 Å². The Labute approximate surface area is 176 Å². The molecule has 1 saturated heterocycles. The summed E-state index contributed by atoms with van der Waals surface area (Å²) in [6, 6.07) is 19.7. The quantitative estimate of drug-likeness (QED) is 0.265. The summed E-state index contributed by atoms with van der Waals surface area (Å²) in [6.45, 7) is 1.50. The molecule has 0 N–H and O–H groups in total. The van der Waals surface area contributed by atoms with Crippen LogP contribution in [-0.4, -0.2) is 22.7 Å². The minimum absolute atomic E-state index is 0.102. The molecule has 1 fully saturated rings. The Hall–Kier alpha value is -2.70. The van der Waals surface area contributed by atoms with Gasteiger partial charge in [0.1, 0.15) is 0 Å². The van der Waals surface area contributed by atoms with E-state index in [1.807, 2.05) is 30.3 Å². The van der Waals surface area contributed by atoms with E-state index in [1.54, 1.807) is 12.1 Å². The molecule has 0 aliphatic carbocycles. The third kappa shape index (κ3) is 2.94. The Morgan fingerprint density at radius 2 is 1.83 bits per heavy atom. The van der Waals surface area contributed by atoms with Crippen molar-refractivity contribution in [1.82, 2.24) is 4.57 Å². The van der Waals surface area contributed by atoms with Crippen LogP contribution >= 0.6 is 15.9 Å². The second kappa shape index (κ2) is 7.28. The van der Waals surface area contributed by atoms with Crippen molar-refractivity contribution in [2.45, 2.75) is 18.9 Å². The van der Waals surface area contributed by atoms with E-state index in [0.29, 0.717) is 12.2 Å². The summed E-state index contributed by atoms with van der Waals surface area (Å²) in [4.78, 5) is 11.5. The molecule has 1 aromatic heterocycles. The average Bonchev–Trinajstić information content (AvgIpc) is 3.09. The summed E-state index contributed by atoms with van der Waals surface area (Å²) in [5.41, 5.74) is 3.81. The van der Waals surface area contributed by atoms with Crippen LogP contribution in [0.5, 0.6) is 0 Å². The molecule has 146 valence electrons. The molecular formula is C23H19BrN2O3. The molecule has 1 aliphatic rings. The first-order chi connectivity index (χ1) is 14.2. The zero-order valence-electron chi connectivity index (χ0n) is 15.7. The minimum atomic E-state index is -0.312. The van der Waals surface area contributed by atoms with Gasteiger partial charge in [-0.3, -0.25) is 10.1 Å².